The van der Waals surface area contributed by atoms with Gasteiger partial charge in [-0.15, -0.1) is 26.3 Å². The third-order valence-corrected chi connectivity index (χ3v) is 11.6. The van der Waals surface area contributed by atoms with Crippen LogP contribution in [0.15, 0.2) is 176 Å². The van der Waals surface area contributed by atoms with E-state index < -0.39 is 42.3 Å². The summed E-state index contributed by atoms with van der Waals surface area (Å²) < 4.78 is 116. The Morgan fingerprint density at radius 1 is 0.500 bits per heavy atom. The van der Waals surface area contributed by atoms with Gasteiger partial charge in [0.1, 0.15) is 51.5 Å². The number of halogens is 9. The zero-order valence-electron chi connectivity index (χ0n) is 42.3. The highest BCUT2D eigenvalue weighted by molar-refractivity contribution is 6.33. The number of carboxylic acid groups (broad SMARTS) is 3. The lowest BCUT2D eigenvalue weighted by Crippen LogP contribution is -2.17. The van der Waals surface area contributed by atoms with E-state index in [-0.39, 0.29) is 67.7 Å². The number of nitrogens with one attached hydrogen (secondary N) is 3. The highest BCUT2D eigenvalue weighted by Gasteiger charge is 2.32. The average Bonchev–Trinajstić information content (AvgIpc) is 3.62. The predicted molar refractivity (Wildman–Crippen MR) is 289 cm³/mol. The summed E-state index contributed by atoms with van der Waals surface area (Å²) >= 11 is 6.26. The number of carboxylic acids is 3. The lowest BCUT2D eigenvalue weighted by Gasteiger charge is -2.13. The molecule has 0 radical (unpaired) electrons. The molecule has 9 aromatic rings. The van der Waals surface area contributed by atoms with Crippen LogP contribution in [0.1, 0.15) is 36.6 Å². The summed E-state index contributed by atoms with van der Waals surface area (Å²) in [6.07, 6.45) is -5.24. The molecule has 15 nitrogen and oxygen atoms in total. The first-order valence-electron chi connectivity index (χ1n) is 23.6. The number of hydrogen-bond acceptors (Lipinski definition) is 12. The third kappa shape index (κ3) is 15.9. The summed E-state index contributed by atoms with van der Waals surface area (Å²) in [5, 5.41) is 36.3. The van der Waals surface area contributed by atoms with Gasteiger partial charge in [-0.1, -0.05) is 66.2 Å². The molecule has 0 atom stereocenters. The van der Waals surface area contributed by atoms with E-state index in [4.69, 9.17) is 21.4 Å². The second kappa shape index (κ2) is 26.1. The average molecular weight is 1150 g/mol. The van der Waals surface area contributed by atoms with Gasteiger partial charge < -0.3 is 45.5 Å². The van der Waals surface area contributed by atoms with Gasteiger partial charge in [0.15, 0.2) is 11.6 Å². The molecule has 3 heterocycles. The minimum atomic E-state index is -4.78. The fourth-order valence-corrected chi connectivity index (χ4v) is 7.92. The smallest absolute Gasteiger partial charge is 0.494 e. The molecule has 0 saturated carbocycles. The number of benzene rings is 6. The Morgan fingerprint density at radius 3 is 1.46 bits per heavy atom. The molecule has 0 saturated heterocycles. The van der Waals surface area contributed by atoms with E-state index in [1.165, 1.54) is 123 Å². The van der Waals surface area contributed by atoms with Crippen LogP contribution in [0.25, 0.3) is 33.4 Å². The number of aryl methyl sites for hydroxylation is 1. The fraction of sp³-hybridized carbons (Fsp3) is 0.0690. The maximum atomic E-state index is 14.5. The molecule has 0 aliphatic rings. The van der Waals surface area contributed by atoms with Gasteiger partial charge in [-0.05, 0) is 143 Å². The van der Waals surface area contributed by atoms with E-state index in [1.54, 1.807) is 61.5 Å². The molecule has 0 unspecified atom stereocenters. The minimum absolute atomic E-state index is 0.0132. The lowest BCUT2D eigenvalue weighted by molar-refractivity contribution is -0.275. The van der Waals surface area contributed by atoms with Gasteiger partial charge in [-0.2, -0.15) is 0 Å². The Bertz CT molecular complexity index is 3800. The number of methoxy groups -OCH3 is 1. The van der Waals surface area contributed by atoms with Crippen LogP contribution < -0.4 is 30.2 Å². The molecule has 420 valence electrons. The number of carbonyl (C=O) groups is 3. The fourth-order valence-electron chi connectivity index (χ4n) is 7.69. The highest BCUT2D eigenvalue weighted by Crippen LogP contribution is 2.36. The maximum absolute atomic E-state index is 14.5. The van der Waals surface area contributed by atoms with Gasteiger partial charge in [-0.25, -0.2) is 38.1 Å². The Labute approximate surface area is 465 Å². The van der Waals surface area contributed by atoms with Crippen LogP contribution in [0.3, 0.4) is 0 Å². The first-order chi connectivity index (χ1) is 39.0. The minimum Gasteiger partial charge on any atom is -0.494 e. The molecule has 3 aromatic heterocycles. The van der Waals surface area contributed by atoms with Crippen molar-refractivity contribution < 1.29 is 79.0 Å². The summed E-state index contributed by atoms with van der Waals surface area (Å²) in [6.45, 7) is 1.80. The summed E-state index contributed by atoms with van der Waals surface area (Å²) in [5.41, 5.74) is 4.55. The quantitative estimate of drug-likeness (QED) is 0.0527. The van der Waals surface area contributed by atoms with Crippen LogP contribution in [-0.2, 0) is 0 Å². The predicted octanol–water partition coefficient (Wildman–Crippen LogP) is 15.6. The molecule has 0 aliphatic carbocycles. The molecule has 9 rings (SSSR count). The van der Waals surface area contributed by atoms with E-state index in [0.29, 0.717) is 33.6 Å². The van der Waals surface area contributed by atoms with Crippen molar-refractivity contribution in [2.75, 3.05) is 23.1 Å². The molecular weight excluding hydrogens is 1110 g/mol. The van der Waals surface area contributed by atoms with Gasteiger partial charge in [0.25, 0.3) is 0 Å². The van der Waals surface area contributed by atoms with Crippen molar-refractivity contribution in [2.24, 2.45) is 0 Å². The topological polar surface area (TPSA) is 214 Å². The molecule has 0 bridgehead atoms. The van der Waals surface area contributed by atoms with Crippen LogP contribution in [0.4, 0.5) is 69.6 Å². The van der Waals surface area contributed by atoms with E-state index in [0.717, 1.165) is 17.2 Å². The third-order valence-electron chi connectivity index (χ3n) is 11.3. The largest absolute Gasteiger partial charge is 0.573 e. The monoisotopic (exact) mass is 1150 g/mol. The Kier molecular flexibility index (Phi) is 18.9. The number of rotatable bonds is 15. The van der Waals surface area contributed by atoms with Crippen LogP contribution in [0.5, 0.6) is 17.2 Å². The number of hydrogen-bond donors (Lipinski definition) is 6. The molecule has 0 spiro atoms. The first kappa shape index (κ1) is 59.4. The Balaban J connectivity index is 0.000000177. The summed E-state index contributed by atoms with van der Waals surface area (Å²) in [6, 6.07) is 38.5. The van der Waals surface area contributed by atoms with Crippen molar-refractivity contribution in [2.45, 2.75) is 19.6 Å². The molecule has 24 heteroatoms. The molecule has 0 fully saturated rings. The molecule has 82 heavy (non-hydrogen) atoms. The van der Waals surface area contributed by atoms with E-state index in [1.807, 2.05) is 0 Å². The van der Waals surface area contributed by atoms with Crippen molar-refractivity contribution in [3.05, 3.63) is 215 Å². The van der Waals surface area contributed by atoms with Crippen LogP contribution in [-0.4, -0.2) is 68.0 Å². The maximum Gasteiger partial charge on any atom is 0.573 e. The second-order valence-corrected chi connectivity index (χ2v) is 17.3. The van der Waals surface area contributed by atoms with Gasteiger partial charge in [-0.3, -0.25) is 0 Å². The number of anilines is 6. The highest BCUT2D eigenvalue weighted by atomic mass is 35.5. The van der Waals surface area contributed by atoms with Crippen molar-refractivity contribution in [1.29, 1.82) is 0 Å². The molecule has 6 aromatic carbocycles. The second-order valence-electron chi connectivity index (χ2n) is 16.9. The number of pyridine rings is 3. The van der Waals surface area contributed by atoms with E-state index >= 15 is 0 Å². The standard InChI is InChI=1S/C20H15F3N2O3.C19H12ClF3N2O3.C19H14F2N2O3/c1-12-10-14(25-18-17(19(26)27)6-3-9-24-18)7-8-16(12)13-4-2-5-15(11-13)28-20(21,22)23;20-15-10-12(11-3-1-4-13(9-11)28-19(21,22)23)6-7-16(15)25-17-14(18(26)27)5-2-8-24-17;1-26-16-6-2-4-12(17(16)21)11-7-8-15(14(20)10-11)23-18-13(19(24)25)5-3-9-22-18/h2-11H,1H3,(H,24,25)(H,26,27);1-10H,(H,24,25)(H,26,27);2-10H,1H3,(H,22,23)(H,24,25). The lowest BCUT2D eigenvalue weighted by atomic mass is 10.00. The summed E-state index contributed by atoms with van der Waals surface area (Å²) in [5.74, 6) is -4.96. The van der Waals surface area contributed by atoms with Gasteiger partial charge >= 0.3 is 30.6 Å². The molecule has 6 N–H and O–H groups in total. The van der Waals surface area contributed by atoms with Crippen LogP contribution >= 0.6 is 11.6 Å². The zero-order chi connectivity index (χ0) is 59.3. The van der Waals surface area contributed by atoms with Crippen LogP contribution in [0, 0.1) is 18.6 Å². The Morgan fingerprint density at radius 2 is 0.963 bits per heavy atom. The van der Waals surface area contributed by atoms with Gasteiger partial charge in [0.05, 0.1) is 23.5 Å². The Hall–Kier alpha value is -10.3. The van der Waals surface area contributed by atoms with Gasteiger partial charge in [0.2, 0.25) is 0 Å². The van der Waals surface area contributed by atoms with Crippen molar-refractivity contribution >= 4 is 64.0 Å². The number of alkyl halides is 6. The van der Waals surface area contributed by atoms with Gasteiger partial charge in [0, 0.05) is 29.8 Å². The first-order valence-corrected chi connectivity index (χ1v) is 24.0. The molecular formula is C58H41ClF8N6O9. The number of aromatic nitrogens is 3. The normalized spacial score (nSPS) is 10.9. The van der Waals surface area contributed by atoms with E-state index in [9.17, 15) is 59.7 Å². The number of ether oxygens (including phenoxy) is 3. The van der Waals surface area contributed by atoms with Crippen molar-refractivity contribution in [3.8, 4) is 50.6 Å². The molecule has 0 aliphatic heterocycles. The summed E-state index contributed by atoms with van der Waals surface area (Å²) in [4.78, 5) is 45.7. The SMILES string of the molecule is COc1cccc(-c2ccc(Nc3ncccc3C(=O)O)c(F)c2)c1F.Cc1cc(Nc2ncccc2C(=O)O)ccc1-c1cccc(OC(F)(F)F)c1.O=C(O)c1cccnc1Nc1ccc(-c2cccc(OC(F)(F)F)c2)cc1Cl. The van der Waals surface area contributed by atoms with Crippen LogP contribution in [0.2, 0.25) is 5.02 Å². The number of nitrogens with zero attached hydrogens (tertiary/aromatic N) is 3. The van der Waals surface area contributed by atoms with E-state index in [2.05, 4.69) is 40.4 Å². The van der Waals surface area contributed by atoms with Crippen molar-refractivity contribution in [3.63, 3.8) is 0 Å². The zero-order valence-corrected chi connectivity index (χ0v) is 43.0. The molecule has 0 amide bonds. The number of aromatic carboxylic acids is 3. The summed E-state index contributed by atoms with van der Waals surface area (Å²) in [7, 11) is 1.35. The van der Waals surface area contributed by atoms with Crippen molar-refractivity contribution in [1.82, 2.24) is 15.0 Å².